The fourth-order valence-electron chi connectivity index (χ4n) is 4.49. The molecule has 2 fully saturated rings. The summed E-state index contributed by atoms with van der Waals surface area (Å²) in [4.78, 5) is 13.9. The predicted molar refractivity (Wildman–Crippen MR) is 100 cm³/mol. The molecule has 154 valence electrons. The van der Waals surface area contributed by atoms with Crippen molar-refractivity contribution in [3.63, 3.8) is 0 Å². The lowest BCUT2D eigenvalue weighted by atomic mass is 9.76. The minimum atomic E-state index is -4.41. The molecule has 2 aromatic rings. The molecule has 2 saturated heterocycles. The first-order valence-corrected chi connectivity index (χ1v) is 9.59. The number of hydrogen-bond donors (Lipinski definition) is 1. The molecule has 2 atom stereocenters. The molecule has 4 rings (SSSR count). The molecule has 0 bridgehead atoms. The molecule has 2 heterocycles. The number of alkyl halides is 3. The molecule has 1 N–H and O–H groups in total. The number of aliphatic carboxylic acids is 1. The van der Waals surface area contributed by atoms with Gasteiger partial charge in [0, 0.05) is 19.0 Å². The lowest BCUT2D eigenvalue weighted by Gasteiger charge is -2.53. The summed E-state index contributed by atoms with van der Waals surface area (Å²) in [6.07, 6.45) is -3.97. The third-order valence-corrected chi connectivity index (χ3v) is 6.17. The van der Waals surface area contributed by atoms with Crippen LogP contribution >= 0.6 is 0 Å². The Balaban J connectivity index is 1.67. The van der Waals surface area contributed by atoms with E-state index < -0.39 is 29.2 Å². The Bertz CT molecular complexity index is 880. The SMILES string of the molecule is O=C(O)C1CCN(C2(c3cccc(C(F)(F)F)c3)COC2)CC1c1ccccc1. The monoisotopic (exact) mass is 405 g/mol. The second-order valence-electron chi connectivity index (χ2n) is 7.80. The number of carboxylic acids is 1. The first-order valence-electron chi connectivity index (χ1n) is 9.59. The van der Waals surface area contributed by atoms with Gasteiger partial charge in [0.15, 0.2) is 0 Å². The number of nitrogens with zero attached hydrogens (tertiary/aromatic N) is 1. The van der Waals surface area contributed by atoms with Gasteiger partial charge < -0.3 is 9.84 Å². The smallest absolute Gasteiger partial charge is 0.416 e. The second-order valence-corrected chi connectivity index (χ2v) is 7.80. The zero-order valence-electron chi connectivity index (χ0n) is 15.7. The van der Waals surface area contributed by atoms with E-state index in [1.807, 2.05) is 30.3 Å². The van der Waals surface area contributed by atoms with Crippen molar-refractivity contribution in [2.75, 3.05) is 26.3 Å². The summed E-state index contributed by atoms with van der Waals surface area (Å²) >= 11 is 0. The Hall–Kier alpha value is -2.38. The van der Waals surface area contributed by atoms with Gasteiger partial charge >= 0.3 is 12.1 Å². The summed E-state index contributed by atoms with van der Waals surface area (Å²) < 4.78 is 45.1. The lowest BCUT2D eigenvalue weighted by Crippen LogP contribution is -2.62. The molecule has 2 aliphatic rings. The molecular formula is C22H22F3NO3. The number of hydrogen-bond acceptors (Lipinski definition) is 3. The van der Waals surface area contributed by atoms with Gasteiger partial charge in [0.1, 0.15) is 0 Å². The highest BCUT2D eigenvalue weighted by molar-refractivity contribution is 5.71. The van der Waals surface area contributed by atoms with Crippen LogP contribution in [0.25, 0.3) is 0 Å². The quantitative estimate of drug-likeness (QED) is 0.832. The van der Waals surface area contributed by atoms with Gasteiger partial charge in [-0.3, -0.25) is 9.69 Å². The zero-order valence-corrected chi connectivity index (χ0v) is 15.7. The highest BCUT2D eigenvalue weighted by Gasteiger charge is 2.50. The normalized spacial score (nSPS) is 24.7. The summed E-state index contributed by atoms with van der Waals surface area (Å²) in [5, 5.41) is 9.70. The summed E-state index contributed by atoms with van der Waals surface area (Å²) in [6.45, 7) is 1.56. The molecule has 2 aromatic carbocycles. The maximum atomic E-state index is 13.2. The van der Waals surface area contributed by atoms with Gasteiger partial charge in [-0.1, -0.05) is 42.5 Å². The van der Waals surface area contributed by atoms with Crippen LogP contribution in [-0.2, 0) is 21.2 Å². The van der Waals surface area contributed by atoms with Crippen LogP contribution in [0, 0.1) is 5.92 Å². The molecule has 29 heavy (non-hydrogen) atoms. The molecule has 0 amide bonds. The van der Waals surface area contributed by atoms with Crippen LogP contribution in [0.3, 0.4) is 0 Å². The molecule has 0 aromatic heterocycles. The van der Waals surface area contributed by atoms with Crippen molar-refractivity contribution < 1.29 is 27.8 Å². The van der Waals surface area contributed by atoms with Crippen molar-refractivity contribution in [3.05, 3.63) is 71.3 Å². The van der Waals surface area contributed by atoms with Gasteiger partial charge in [-0.25, -0.2) is 0 Å². The van der Waals surface area contributed by atoms with Crippen LogP contribution in [0.1, 0.15) is 29.0 Å². The third kappa shape index (κ3) is 3.65. The number of likely N-dealkylation sites (tertiary alicyclic amines) is 1. The maximum Gasteiger partial charge on any atom is 0.416 e. The van der Waals surface area contributed by atoms with E-state index in [9.17, 15) is 23.1 Å². The third-order valence-electron chi connectivity index (χ3n) is 6.17. The van der Waals surface area contributed by atoms with E-state index >= 15 is 0 Å². The number of carbonyl (C=O) groups is 1. The van der Waals surface area contributed by atoms with Crippen LogP contribution < -0.4 is 0 Å². The van der Waals surface area contributed by atoms with Crippen molar-refractivity contribution >= 4 is 5.97 Å². The van der Waals surface area contributed by atoms with Crippen molar-refractivity contribution in [1.29, 1.82) is 0 Å². The Morgan fingerprint density at radius 1 is 1.10 bits per heavy atom. The Morgan fingerprint density at radius 3 is 2.41 bits per heavy atom. The molecule has 0 saturated carbocycles. The van der Waals surface area contributed by atoms with Crippen molar-refractivity contribution in [3.8, 4) is 0 Å². The number of halogens is 3. The van der Waals surface area contributed by atoms with Gasteiger partial charge in [0.05, 0.1) is 30.2 Å². The molecule has 0 aliphatic carbocycles. The second kappa shape index (κ2) is 7.46. The fourth-order valence-corrected chi connectivity index (χ4v) is 4.49. The van der Waals surface area contributed by atoms with E-state index in [2.05, 4.69) is 4.90 Å². The van der Waals surface area contributed by atoms with E-state index in [-0.39, 0.29) is 5.92 Å². The van der Waals surface area contributed by atoms with E-state index in [4.69, 9.17) is 4.74 Å². The number of rotatable bonds is 4. The minimum Gasteiger partial charge on any atom is -0.481 e. The minimum absolute atomic E-state index is 0.231. The Kier molecular flexibility index (Phi) is 5.12. The van der Waals surface area contributed by atoms with Gasteiger partial charge in [-0.15, -0.1) is 0 Å². The summed E-state index contributed by atoms with van der Waals surface area (Å²) in [6, 6.07) is 14.9. The van der Waals surface area contributed by atoms with Crippen LogP contribution in [0.2, 0.25) is 0 Å². The summed E-state index contributed by atoms with van der Waals surface area (Å²) in [5.41, 5.74) is 0.169. The average molecular weight is 405 g/mol. The fraction of sp³-hybridized carbons (Fsp3) is 0.409. The molecule has 7 heteroatoms. The summed E-state index contributed by atoms with van der Waals surface area (Å²) in [7, 11) is 0. The van der Waals surface area contributed by atoms with E-state index in [0.29, 0.717) is 38.3 Å². The van der Waals surface area contributed by atoms with Crippen molar-refractivity contribution in [2.24, 2.45) is 5.92 Å². The highest BCUT2D eigenvalue weighted by Crippen LogP contribution is 2.43. The zero-order chi connectivity index (χ0) is 20.6. The van der Waals surface area contributed by atoms with Crippen LogP contribution in [0.5, 0.6) is 0 Å². The van der Waals surface area contributed by atoms with E-state index in [0.717, 1.165) is 11.6 Å². The molecule has 2 unspecified atom stereocenters. The number of carboxylic acid groups (broad SMARTS) is 1. The number of benzene rings is 2. The van der Waals surface area contributed by atoms with Gasteiger partial charge in [-0.2, -0.15) is 13.2 Å². The van der Waals surface area contributed by atoms with E-state index in [1.54, 1.807) is 6.07 Å². The van der Waals surface area contributed by atoms with E-state index in [1.165, 1.54) is 12.1 Å². The number of ether oxygens (including phenoxy) is 1. The maximum absolute atomic E-state index is 13.2. The van der Waals surface area contributed by atoms with Gasteiger partial charge in [-0.05, 0) is 29.7 Å². The van der Waals surface area contributed by atoms with Crippen molar-refractivity contribution in [1.82, 2.24) is 4.90 Å². The largest absolute Gasteiger partial charge is 0.481 e. The molecule has 0 radical (unpaired) electrons. The average Bonchev–Trinajstić information content (AvgIpc) is 2.67. The topological polar surface area (TPSA) is 49.8 Å². The Morgan fingerprint density at radius 2 is 1.83 bits per heavy atom. The van der Waals surface area contributed by atoms with Crippen LogP contribution in [0.15, 0.2) is 54.6 Å². The van der Waals surface area contributed by atoms with Crippen LogP contribution in [-0.4, -0.2) is 42.3 Å². The molecule has 2 aliphatic heterocycles. The molecular weight excluding hydrogens is 383 g/mol. The first kappa shape index (κ1) is 19.9. The van der Waals surface area contributed by atoms with Gasteiger partial charge in [0.25, 0.3) is 0 Å². The van der Waals surface area contributed by atoms with Crippen LogP contribution in [0.4, 0.5) is 13.2 Å². The first-order chi connectivity index (χ1) is 13.8. The lowest BCUT2D eigenvalue weighted by molar-refractivity contribution is -0.164. The Labute approximate surface area is 166 Å². The van der Waals surface area contributed by atoms with Crippen molar-refractivity contribution in [2.45, 2.75) is 24.1 Å². The molecule has 0 spiro atoms. The highest BCUT2D eigenvalue weighted by atomic mass is 19.4. The molecule has 4 nitrogen and oxygen atoms in total. The predicted octanol–water partition coefficient (Wildman–Crippen LogP) is 4.12. The standard InChI is InChI=1S/C22H22F3NO3/c23-22(24,25)17-8-4-7-16(11-17)21(13-29-14-21)26-10-9-18(20(27)28)19(12-26)15-5-2-1-3-6-15/h1-8,11,18-19H,9-10,12-14H2,(H,27,28). The number of piperidine rings is 1. The summed E-state index contributed by atoms with van der Waals surface area (Å²) in [5.74, 6) is -1.59. The van der Waals surface area contributed by atoms with Gasteiger partial charge in [0.2, 0.25) is 0 Å².